The third-order valence-electron chi connectivity index (χ3n) is 1.84. The monoisotopic (exact) mass is 265 g/mol. The molecular weight excluding hydrogens is 253 g/mol. The van der Waals surface area contributed by atoms with Crippen LogP contribution in [-0.4, -0.2) is 51.1 Å². The van der Waals surface area contributed by atoms with Crippen LogP contribution in [0.2, 0.25) is 0 Å². The molecule has 5 atom stereocenters. The zero-order valence-corrected chi connectivity index (χ0v) is 9.48. The number of aliphatic hydroxyl groups excluding tert-OH is 1. The summed E-state index contributed by atoms with van der Waals surface area (Å²) in [6, 6.07) is 0. The van der Waals surface area contributed by atoms with Gasteiger partial charge in [-0.05, 0) is 0 Å². The number of ether oxygens (including phenoxy) is 1. The van der Waals surface area contributed by atoms with Gasteiger partial charge < -0.3 is 14.4 Å². The lowest BCUT2D eigenvalue weighted by Gasteiger charge is -2.15. The van der Waals surface area contributed by atoms with Crippen molar-refractivity contribution in [3.8, 4) is 0 Å². The van der Waals surface area contributed by atoms with Crippen molar-refractivity contribution in [2.45, 2.75) is 24.7 Å². The van der Waals surface area contributed by atoms with Crippen molar-refractivity contribution in [2.24, 2.45) is 0 Å². The van der Waals surface area contributed by atoms with Gasteiger partial charge in [-0.3, -0.25) is 0 Å². The second-order valence-corrected chi connectivity index (χ2v) is 4.48. The van der Waals surface area contributed by atoms with E-state index < -0.39 is 39.4 Å². The Morgan fingerprint density at radius 3 is 2.47 bits per heavy atom. The van der Waals surface area contributed by atoms with E-state index >= 15 is 0 Å². The highest BCUT2D eigenvalue weighted by Gasteiger charge is 2.47. The third-order valence-corrected chi connectivity index (χ3v) is 2.65. The van der Waals surface area contributed by atoms with E-state index in [1.807, 2.05) is 0 Å². The Morgan fingerprint density at radius 2 is 2.00 bits per heavy atom. The number of alkyl halides is 1. The third kappa shape index (κ3) is 3.78. The minimum absolute atomic E-state index is 0.506. The van der Waals surface area contributed by atoms with Crippen LogP contribution >= 0.6 is 17.6 Å². The quantitative estimate of drug-likeness (QED) is 0.477. The summed E-state index contributed by atoms with van der Waals surface area (Å²) in [6.07, 6.45) is -5.57. The Balaban J connectivity index is 2.48. The average molecular weight is 265 g/mol. The van der Waals surface area contributed by atoms with Gasteiger partial charge in [-0.1, -0.05) is 0 Å². The molecule has 1 rings (SSSR count). The van der Waals surface area contributed by atoms with Gasteiger partial charge in [-0.2, -0.15) is 19.2 Å². The summed E-state index contributed by atoms with van der Waals surface area (Å²) in [5.41, 5.74) is 0. The lowest BCUT2D eigenvalue weighted by atomic mass is 10.2. The number of aliphatic hydroxyl groups is 1. The molecule has 0 saturated carbocycles. The number of hydrogen-bond donors (Lipinski definition) is 4. The zero-order valence-electron chi connectivity index (χ0n) is 7.43. The number of rotatable bonds is 4. The molecule has 1 saturated heterocycles. The van der Waals surface area contributed by atoms with E-state index in [0.717, 1.165) is 0 Å². The molecule has 0 aromatic carbocycles. The smallest absolute Gasteiger partial charge is 0.365 e. The van der Waals surface area contributed by atoms with Crippen LogP contribution in [0.5, 0.6) is 0 Å². The zero-order chi connectivity index (χ0) is 11.6. The summed E-state index contributed by atoms with van der Waals surface area (Å²) < 4.78 is 26.6. The molecule has 1 aliphatic rings. The first-order chi connectivity index (χ1) is 6.85. The van der Waals surface area contributed by atoms with Crippen molar-refractivity contribution in [3.05, 3.63) is 0 Å². The van der Waals surface area contributed by atoms with E-state index in [2.05, 4.69) is 13.8 Å². The van der Waals surface area contributed by atoms with Crippen molar-refractivity contribution in [2.75, 3.05) is 6.61 Å². The number of hydrogen-bond acceptors (Lipinski definition) is 7. The summed E-state index contributed by atoms with van der Waals surface area (Å²) >= 11 is 0. The van der Waals surface area contributed by atoms with Gasteiger partial charge in [0.1, 0.15) is 18.8 Å². The summed E-state index contributed by atoms with van der Waals surface area (Å²) in [4.78, 5) is 25.5. The van der Waals surface area contributed by atoms with Crippen LogP contribution < -0.4 is 0 Å². The molecule has 1 unspecified atom stereocenters. The largest absolute Gasteiger partial charge is 0.567 e. The molecule has 1 heterocycles. The predicted molar refractivity (Wildman–Crippen MR) is 49.9 cm³/mol. The van der Waals surface area contributed by atoms with Crippen LogP contribution in [0.3, 0.4) is 0 Å². The van der Waals surface area contributed by atoms with E-state index in [4.69, 9.17) is 19.8 Å². The molecule has 0 aromatic rings. The normalized spacial score (nSPS) is 37.2. The van der Waals surface area contributed by atoms with Gasteiger partial charge in [0.15, 0.2) is 12.5 Å². The minimum Gasteiger partial charge on any atom is -0.365 e. The highest BCUT2D eigenvalue weighted by Crippen LogP contribution is 2.46. The number of halogens is 1. The van der Waals surface area contributed by atoms with Crippen molar-refractivity contribution in [1.29, 1.82) is 0 Å². The van der Waals surface area contributed by atoms with Gasteiger partial charge in [0, 0.05) is 9.47 Å². The van der Waals surface area contributed by atoms with Gasteiger partial charge in [-0.15, -0.1) is 0 Å². The predicted octanol–water partition coefficient (Wildman–Crippen LogP) is -1.11. The van der Waals surface area contributed by atoms with Crippen LogP contribution in [-0.2, 0) is 13.8 Å². The van der Waals surface area contributed by atoms with Gasteiger partial charge in [0.2, 0.25) is 0 Å². The van der Waals surface area contributed by atoms with Crippen LogP contribution in [0.25, 0.3) is 0 Å². The molecule has 0 aliphatic carbocycles. The van der Waals surface area contributed by atoms with Crippen LogP contribution in [0.1, 0.15) is 0 Å². The fourth-order valence-corrected chi connectivity index (χ4v) is 1.84. The molecule has 90 valence electrons. The molecular formula is C5H12FO7P2+. The SMILES string of the molecule is O[C@H]1O[C@H](CO[P+](O)(O)O)[C@@H](OP)[C@@H]1F. The summed E-state index contributed by atoms with van der Waals surface area (Å²) in [5, 5.41) is 8.98. The lowest BCUT2D eigenvalue weighted by Crippen LogP contribution is -2.32. The Kier molecular flexibility index (Phi) is 4.73. The molecule has 15 heavy (non-hydrogen) atoms. The summed E-state index contributed by atoms with van der Waals surface area (Å²) in [7, 11) is -2.59. The second kappa shape index (κ2) is 5.23. The van der Waals surface area contributed by atoms with Gasteiger partial charge in [-0.25, -0.2) is 4.39 Å². The summed E-state index contributed by atoms with van der Waals surface area (Å²) in [6.45, 7) is -0.506. The van der Waals surface area contributed by atoms with Crippen LogP contribution in [0, 0.1) is 0 Å². The van der Waals surface area contributed by atoms with E-state index in [1.54, 1.807) is 9.47 Å². The maximum absolute atomic E-state index is 13.1. The minimum atomic E-state index is -4.39. The van der Waals surface area contributed by atoms with Crippen LogP contribution in [0.15, 0.2) is 0 Å². The molecule has 0 aromatic heterocycles. The van der Waals surface area contributed by atoms with Gasteiger partial charge in [0.25, 0.3) is 0 Å². The molecule has 0 amide bonds. The van der Waals surface area contributed by atoms with Crippen molar-refractivity contribution in [1.82, 2.24) is 0 Å². The van der Waals surface area contributed by atoms with Crippen LogP contribution in [0.4, 0.5) is 4.39 Å². The fraction of sp³-hybridized carbons (Fsp3) is 1.00. The molecule has 0 radical (unpaired) electrons. The van der Waals surface area contributed by atoms with E-state index in [-0.39, 0.29) is 0 Å². The Hall–Kier alpha value is 0.510. The van der Waals surface area contributed by atoms with Crippen molar-refractivity contribution in [3.63, 3.8) is 0 Å². The summed E-state index contributed by atoms with van der Waals surface area (Å²) in [5.74, 6) is 0. The fourth-order valence-electron chi connectivity index (χ4n) is 1.17. The van der Waals surface area contributed by atoms with Crippen molar-refractivity contribution < 1.29 is 38.0 Å². The molecule has 1 aliphatic heterocycles. The first-order valence-corrected chi connectivity index (χ1v) is 5.94. The van der Waals surface area contributed by atoms with E-state index in [9.17, 15) is 4.39 Å². The van der Waals surface area contributed by atoms with E-state index in [1.165, 1.54) is 0 Å². The van der Waals surface area contributed by atoms with E-state index in [0.29, 0.717) is 0 Å². The Morgan fingerprint density at radius 1 is 1.40 bits per heavy atom. The Bertz CT molecular complexity index is 212. The maximum Gasteiger partial charge on any atom is 0.567 e. The van der Waals surface area contributed by atoms with Gasteiger partial charge in [0.05, 0.1) is 0 Å². The Labute approximate surface area is 87.7 Å². The molecule has 10 heteroatoms. The highest BCUT2D eigenvalue weighted by molar-refractivity contribution is 7.53. The standard InChI is InChI=1S/C5H12FO7P2/c6-3-4(13-14)2(12-5(3)7)1-11-15(8,9)10/h2-5,7-10H,1,14H2/q+1/t2-,3+,4-,5+/m1/s1. The van der Waals surface area contributed by atoms with Crippen molar-refractivity contribution >= 4 is 17.6 Å². The molecule has 0 bridgehead atoms. The molecule has 1 fully saturated rings. The average Bonchev–Trinajstić information content (AvgIpc) is 2.38. The molecule has 7 nitrogen and oxygen atoms in total. The topological polar surface area (TPSA) is 109 Å². The molecule has 0 spiro atoms. The first kappa shape index (κ1) is 13.6. The molecule has 4 N–H and O–H groups in total. The van der Waals surface area contributed by atoms with Gasteiger partial charge >= 0.3 is 8.17 Å². The second-order valence-electron chi connectivity index (χ2n) is 2.92. The first-order valence-electron chi connectivity index (χ1n) is 3.90. The lowest BCUT2D eigenvalue weighted by molar-refractivity contribution is -0.120. The highest BCUT2D eigenvalue weighted by atomic mass is 31.2. The maximum atomic E-state index is 13.1.